The van der Waals surface area contributed by atoms with E-state index in [4.69, 9.17) is 9.72 Å². The predicted molar refractivity (Wildman–Crippen MR) is 80.8 cm³/mol. The molecule has 1 aliphatic heterocycles. The summed E-state index contributed by atoms with van der Waals surface area (Å²) in [6, 6.07) is 0.388. The molecule has 0 spiro atoms. The van der Waals surface area contributed by atoms with Gasteiger partial charge in [0.1, 0.15) is 0 Å². The third kappa shape index (κ3) is 2.49. The molecule has 20 heavy (non-hydrogen) atoms. The number of hydrogen-bond donors (Lipinski definition) is 0. The fraction of sp³-hybridized carbons (Fsp3) is 0.733. The van der Waals surface area contributed by atoms with E-state index in [1.54, 1.807) is 11.3 Å². The monoisotopic (exact) mass is 294 g/mol. The zero-order valence-electron chi connectivity index (χ0n) is 12.4. The van der Waals surface area contributed by atoms with Crippen LogP contribution in [0.1, 0.15) is 49.0 Å². The summed E-state index contributed by atoms with van der Waals surface area (Å²) in [7, 11) is 0. The standard InChI is InChI=1S/C15H22N2O2S/c1-4-10-9-19-6-5-17(10)14-16-11-7-15(2,3)8-12(18)13(11)20-14/h10H,4-9H2,1-3H3. The number of fused-ring (bicyclic) bond motifs is 1. The van der Waals surface area contributed by atoms with E-state index >= 15 is 0 Å². The number of thiazole rings is 1. The molecule has 3 rings (SSSR count). The average molecular weight is 294 g/mol. The van der Waals surface area contributed by atoms with Crippen molar-refractivity contribution in [2.24, 2.45) is 5.41 Å². The SMILES string of the molecule is CCC1COCCN1c1nc2c(s1)C(=O)CC(C)(C)C2. The normalized spacial score (nSPS) is 25.6. The molecule has 0 N–H and O–H groups in total. The van der Waals surface area contributed by atoms with Gasteiger partial charge in [0, 0.05) is 13.0 Å². The highest BCUT2D eigenvalue weighted by Crippen LogP contribution is 2.39. The Bertz CT molecular complexity index is 524. The zero-order valence-corrected chi connectivity index (χ0v) is 13.3. The maximum atomic E-state index is 12.3. The van der Waals surface area contributed by atoms with Gasteiger partial charge in [-0.15, -0.1) is 0 Å². The fourth-order valence-electron chi connectivity index (χ4n) is 3.08. The molecule has 1 fully saturated rings. The second-order valence-electron chi connectivity index (χ2n) is 6.54. The predicted octanol–water partition coefficient (Wildman–Crippen LogP) is 2.91. The van der Waals surface area contributed by atoms with Gasteiger partial charge in [-0.1, -0.05) is 32.1 Å². The molecule has 0 saturated carbocycles. The molecule has 1 aromatic rings. The lowest BCUT2D eigenvalue weighted by Gasteiger charge is -2.34. The number of carbonyl (C=O) groups excluding carboxylic acids is 1. The molecular weight excluding hydrogens is 272 g/mol. The van der Waals surface area contributed by atoms with Crippen molar-refractivity contribution < 1.29 is 9.53 Å². The van der Waals surface area contributed by atoms with E-state index in [1.807, 2.05) is 0 Å². The first-order chi connectivity index (χ1) is 9.50. The van der Waals surface area contributed by atoms with Crippen LogP contribution in [0.3, 0.4) is 0 Å². The quantitative estimate of drug-likeness (QED) is 0.841. The van der Waals surface area contributed by atoms with Gasteiger partial charge in [-0.2, -0.15) is 0 Å². The molecule has 1 aliphatic carbocycles. The summed E-state index contributed by atoms with van der Waals surface area (Å²) in [6.07, 6.45) is 2.59. The second-order valence-corrected chi connectivity index (χ2v) is 7.52. The van der Waals surface area contributed by atoms with Crippen LogP contribution in [0, 0.1) is 5.41 Å². The Morgan fingerprint density at radius 1 is 1.45 bits per heavy atom. The minimum atomic E-state index is 0.0462. The second kappa shape index (κ2) is 5.11. The van der Waals surface area contributed by atoms with Crippen molar-refractivity contribution in [2.45, 2.75) is 46.1 Å². The van der Waals surface area contributed by atoms with Crippen LogP contribution in [0.15, 0.2) is 0 Å². The lowest BCUT2D eigenvalue weighted by atomic mass is 9.78. The van der Waals surface area contributed by atoms with E-state index in [1.165, 1.54) is 0 Å². The number of anilines is 1. The van der Waals surface area contributed by atoms with Crippen molar-refractivity contribution in [3.63, 3.8) is 0 Å². The van der Waals surface area contributed by atoms with Crippen molar-refractivity contribution in [3.05, 3.63) is 10.6 Å². The van der Waals surface area contributed by atoms with Gasteiger partial charge in [-0.05, 0) is 18.3 Å². The molecule has 0 radical (unpaired) electrons. The Hall–Kier alpha value is -0.940. The van der Waals surface area contributed by atoms with Gasteiger partial charge in [0.15, 0.2) is 10.9 Å². The summed E-state index contributed by atoms with van der Waals surface area (Å²) in [4.78, 5) is 20.3. The molecule has 2 aliphatic rings. The maximum Gasteiger partial charge on any atom is 0.186 e. The highest BCUT2D eigenvalue weighted by atomic mass is 32.1. The first-order valence-electron chi connectivity index (χ1n) is 7.37. The molecule has 0 aromatic carbocycles. The van der Waals surface area contributed by atoms with Crippen LogP contribution in [-0.2, 0) is 11.2 Å². The first kappa shape index (κ1) is 14.0. The van der Waals surface area contributed by atoms with Crippen LogP contribution < -0.4 is 4.90 Å². The number of Topliss-reactive ketones (excluding diaryl/α,β-unsaturated/α-hetero) is 1. The van der Waals surface area contributed by atoms with Crippen LogP contribution in [0.5, 0.6) is 0 Å². The summed E-state index contributed by atoms with van der Waals surface area (Å²) < 4.78 is 5.55. The molecular formula is C15H22N2O2S. The summed E-state index contributed by atoms with van der Waals surface area (Å²) in [5.74, 6) is 0.265. The topological polar surface area (TPSA) is 42.4 Å². The van der Waals surface area contributed by atoms with Crippen LogP contribution >= 0.6 is 11.3 Å². The van der Waals surface area contributed by atoms with Crippen molar-refractivity contribution in [2.75, 3.05) is 24.7 Å². The molecule has 110 valence electrons. The van der Waals surface area contributed by atoms with Crippen molar-refractivity contribution in [1.82, 2.24) is 4.98 Å². The summed E-state index contributed by atoms with van der Waals surface area (Å²) in [5, 5.41) is 1.01. The van der Waals surface area contributed by atoms with Gasteiger partial charge >= 0.3 is 0 Å². The van der Waals surface area contributed by atoms with E-state index < -0.39 is 0 Å². The largest absolute Gasteiger partial charge is 0.377 e. The highest BCUT2D eigenvalue weighted by molar-refractivity contribution is 7.17. The van der Waals surface area contributed by atoms with Gasteiger partial charge in [-0.25, -0.2) is 4.98 Å². The van der Waals surface area contributed by atoms with Gasteiger partial charge in [-0.3, -0.25) is 4.79 Å². The summed E-state index contributed by atoms with van der Waals surface area (Å²) in [6.45, 7) is 8.86. The minimum Gasteiger partial charge on any atom is -0.377 e. The van der Waals surface area contributed by atoms with Gasteiger partial charge in [0.2, 0.25) is 0 Å². The number of carbonyl (C=O) groups is 1. The van der Waals surface area contributed by atoms with Crippen molar-refractivity contribution in [1.29, 1.82) is 0 Å². The fourth-order valence-corrected chi connectivity index (χ4v) is 4.19. The van der Waals surface area contributed by atoms with Gasteiger partial charge in [0.25, 0.3) is 0 Å². The van der Waals surface area contributed by atoms with Crippen LogP contribution in [0.25, 0.3) is 0 Å². The van der Waals surface area contributed by atoms with E-state index in [9.17, 15) is 4.79 Å². The number of rotatable bonds is 2. The van der Waals surface area contributed by atoms with Crippen LogP contribution in [0.4, 0.5) is 5.13 Å². The van der Waals surface area contributed by atoms with E-state index in [0.717, 1.165) is 48.3 Å². The molecule has 1 unspecified atom stereocenters. The Morgan fingerprint density at radius 3 is 3.00 bits per heavy atom. The molecule has 5 heteroatoms. The Labute approximate surface area is 124 Å². The molecule has 1 saturated heterocycles. The van der Waals surface area contributed by atoms with E-state index in [0.29, 0.717) is 12.5 Å². The number of morpholine rings is 1. The number of hydrogen-bond acceptors (Lipinski definition) is 5. The van der Waals surface area contributed by atoms with Crippen molar-refractivity contribution >= 4 is 22.3 Å². The van der Waals surface area contributed by atoms with Crippen molar-refractivity contribution in [3.8, 4) is 0 Å². The lowest BCUT2D eigenvalue weighted by molar-refractivity contribution is 0.0914. The molecule has 1 aromatic heterocycles. The molecule has 0 amide bonds. The maximum absolute atomic E-state index is 12.3. The Balaban J connectivity index is 1.91. The zero-order chi connectivity index (χ0) is 14.3. The molecule has 2 heterocycles. The van der Waals surface area contributed by atoms with Crippen LogP contribution in [0.2, 0.25) is 0 Å². The summed E-state index contributed by atoms with van der Waals surface area (Å²) in [5.41, 5.74) is 1.05. The molecule has 4 nitrogen and oxygen atoms in total. The number of nitrogens with zero attached hydrogens (tertiary/aromatic N) is 2. The number of aromatic nitrogens is 1. The number of ketones is 1. The highest BCUT2D eigenvalue weighted by Gasteiger charge is 2.35. The average Bonchev–Trinajstić information content (AvgIpc) is 2.81. The molecule has 1 atom stereocenters. The smallest absolute Gasteiger partial charge is 0.186 e. The van der Waals surface area contributed by atoms with E-state index in [-0.39, 0.29) is 11.2 Å². The van der Waals surface area contributed by atoms with Gasteiger partial charge in [0.05, 0.1) is 29.8 Å². The van der Waals surface area contributed by atoms with Gasteiger partial charge < -0.3 is 9.64 Å². The molecule has 0 bridgehead atoms. The summed E-state index contributed by atoms with van der Waals surface area (Å²) >= 11 is 1.58. The first-order valence-corrected chi connectivity index (χ1v) is 8.19. The lowest BCUT2D eigenvalue weighted by Crippen LogP contribution is -2.45. The van der Waals surface area contributed by atoms with E-state index in [2.05, 4.69) is 25.7 Å². The Morgan fingerprint density at radius 2 is 2.25 bits per heavy atom. The third-order valence-corrected chi connectivity index (χ3v) is 5.34. The Kier molecular flexibility index (Phi) is 3.58. The third-order valence-electron chi connectivity index (χ3n) is 4.17. The number of ether oxygens (including phenoxy) is 1. The minimum absolute atomic E-state index is 0.0462. The van der Waals surface area contributed by atoms with Crippen LogP contribution in [-0.4, -0.2) is 36.6 Å².